The van der Waals surface area contributed by atoms with Crippen molar-refractivity contribution in [1.29, 1.82) is 0 Å². The molecule has 0 rings (SSSR count). The summed E-state index contributed by atoms with van der Waals surface area (Å²) in [7, 11) is -5.14. The number of esters is 1. The van der Waals surface area contributed by atoms with Gasteiger partial charge in [-0.05, 0) is 0 Å². The van der Waals surface area contributed by atoms with Crippen LogP contribution in [-0.4, -0.2) is 52.9 Å². The number of carboxylic acid groups (broad SMARTS) is 2. The molecule has 0 fully saturated rings. The molecule has 0 aromatic carbocycles. The first-order valence-electron chi connectivity index (χ1n) is 4.79. The SMILES string of the molecule is C=CCOC(=O)C(C(CC(=O)O)C(=O)O)S(=O)(=O)O. The largest absolute Gasteiger partial charge is 0.481 e. The highest BCUT2D eigenvalue weighted by Gasteiger charge is 2.45. The average Bonchev–Trinajstić information content (AvgIpc) is 2.22. The zero-order valence-electron chi connectivity index (χ0n) is 9.55. The van der Waals surface area contributed by atoms with Crippen molar-refractivity contribution in [3.8, 4) is 0 Å². The molecule has 0 radical (unpaired) electrons. The lowest BCUT2D eigenvalue weighted by Gasteiger charge is -2.18. The summed E-state index contributed by atoms with van der Waals surface area (Å²) < 4.78 is 35.3. The molecule has 2 atom stereocenters. The Balaban J connectivity index is 5.43. The molecule has 0 aromatic rings. The predicted molar refractivity (Wildman–Crippen MR) is 59.9 cm³/mol. The fourth-order valence-corrected chi connectivity index (χ4v) is 2.17. The molecule has 0 heterocycles. The quantitative estimate of drug-likeness (QED) is 0.295. The van der Waals surface area contributed by atoms with Gasteiger partial charge in [-0.1, -0.05) is 12.7 Å². The standard InChI is InChI=1S/C9H12O9S/c1-2-3-18-9(14)7(19(15,16)17)5(8(12)13)4-6(10)11/h2,5,7H,1,3-4H2,(H,10,11)(H,12,13)(H,15,16,17). The van der Waals surface area contributed by atoms with Crippen molar-refractivity contribution in [2.45, 2.75) is 11.7 Å². The van der Waals surface area contributed by atoms with Crippen molar-refractivity contribution >= 4 is 28.0 Å². The van der Waals surface area contributed by atoms with Crippen LogP contribution in [0.4, 0.5) is 0 Å². The number of ether oxygens (including phenoxy) is 1. The highest BCUT2D eigenvalue weighted by molar-refractivity contribution is 7.87. The Hall–Kier alpha value is -1.94. The summed E-state index contributed by atoms with van der Waals surface area (Å²) in [6.07, 6.45) is -0.0745. The van der Waals surface area contributed by atoms with Crippen molar-refractivity contribution in [3.63, 3.8) is 0 Å². The van der Waals surface area contributed by atoms with Gasteiger partial charge in [-0.2, -0.15) is 8.42 Å². The van der Waals surface area contributed by atoms with Gasteiger partial charge in [0, 0.05) is 0 Å². The molecule has 2 unspecified atom stereocenters. The van der Waals surface area contributed by atoms with E-state index >= 15 is 0 Å². The Kier molecular flexibility index (Phi) is 6.15. The fraction of sp³-hybridized carbons (Fsp3) is 0.444. The predicted octanol–water partition coefficient (Wildman–Crippen LogP) is -0.852. The maximum atomic E-state index is 11.4. The second kappa shape index (κ2) is 6.85. The molecule has 0 amide bonds. The van der Waals surface area contributed by atoms with Gasteiger partial charge >= 0.3 is 17.9 Å². The summed E-state index contributed by atoms with van der Waals surface area (Å²) in [5, 5.41) is 14.7. The topological polar surface area (TPSA) is 155 Å². The van der Waals surface area contributed by atoms with Crippen LogP contribution in [0.1, 0.15) is 6.42 Å². The molecule has 0 bridgehead atoms. The van der Waals surface area contributed by atoms with E-state index in [2.05, 4.69) is 11.3 Å². The number of hydrogen-bond donors (Lipinski definition) is 3. The van der Waals surface area contributed by atoms with Crippen LogP contribution < -0.4 is 0 Å². The van der Waals surface area contributed by atoms with Crippen LogP contribution in [0.15, 0.2) is 12.7 Å². The van der Waals surface area contributed by atoms with Gasteiger partial charge in [0.15, 0.2) is 5.25 Å². The van der Waals surface area contributed by atoms with Crippen LogP contribution in [0.25, 0.3) is 0 Å². The van der Waals surface area contributed by atoms with E-state index in [4.69, 9.17) is 14.8 Å². The van der Waals surface area contributed by atoms with Crippen LogP contribution in [0.2, 0.25) is 0 Å². The minimum absolute atomic E-state index is 0.412. The first-order chi connectivity index (χ1) is 8.61. The summed E-state index contributed by atoms with van der Waals surface area (Å²) in [5.74, 6) is -7.22. The van der Waals surface area contributed by atoms with Crippen molar-refractivity contribution in [2.75, 3.05) is 6.61 Å². The van der Waals surface area contributed by atoms with E-state index in [-0.39, 0.29) is 0 Å². The minimum Gasteiger partial charge on any atom is -0.481 e. The summed E-state index contributed by atoms with van der Waals surface area (Å²) in [6.45, 7) is 2.77. The molecule has 9 nitrogen and oxygen atoms in total. The molecule has 108 valence electrons. The first kappa shape index (κ1) is 17.1. The van der Waals surface area contributed by atoms with Crippen LogP contribution >= 0.6 is 0 Å². The van der Waals surface area contributed by atoms with Gasteiger partial charge in [0.05, 0.1) is 12.3 Å². The smallest absolute Gasteiger partial charge is 0.328 e. The molecular weight excluding hydrogens is 284 g/mol. The summed E-state index contributed by atoms with van der Waals surface area (Å²) >= 11 is 0. The molecular formula is C9H12O9S. The van der Waals surface area contributed by atoms with Crippen molar-refractivity contribution in [1.82, 2.24) is 0 Å². The highest BCUT2D eigenvalue weighted by atomic mass is 32.2. The molecule has 0 aliphatic carbocycles. The van der Waals surface area contributed by atoms with Gasteiger partial charge in [-0.15, -0.1) is 0 Å². The summed E-state index contributed by atoms with van der Waals surface area (Å²) in [6, 6.07) is 0. The lowest BCUT2D eigenvalue weighted by atomic mass is 10.0. The van der Waals surface area contributed by atoms with E-state index < -0.39 is 52.2 Å². The van der Waals surface area contributed by atoms with E-state index in [1.807, 2.05) is 0 Å². The van der Waals surface area contributed by atoms with Crippen LogP contribution in [-0.2, 0) is 29.2 Å². The van der Waals surface area contributed by atoms with E-state index in [1.54, 1.807) is 0 Å². The summed E-state index contributed by atoms with van der Waals surface area (Å²) in [5.41, 5.74) is 0. The molecule has 0 saturated carbocycles. The van der Waals surface area contributed by atoms with E-state index in [0.29, 0.717) is 0 Å². The fourth-order valence-electron chi connectivity index (χ4n) is 1.23. The average molecular weight is 296 g/mol. The van der Waals surface area contributed by atoms with Crippen LogP contribution in [0.5, 0.6) is 0 Å². The zero-order valence-corrected chi connectivity index (χ0v) is 10.4. The normalized spacial score (nSPS) is 14.2. The Morgan fingerprint density at radius 3 is 2.11 bits per heavy atom. The molecule has 0 aromatic heterocycles. The molecule has 0 saturated heterocycles. The Bertz CT molecular complexity index is 478. The Morgan fingerprint density at radius 1 is 1.26 bits per heavy atom. The van der Waals surface area contributed by atoms with Crippen LogP contribution in [0.3, 0.4) is 0 Å². The van der Waals surface area contributed by atoms with Crippen molar-refractivity contribution in [2.24, 2.45) is 5.92 Å². The maximum absolute atomic E-state index is 11.4. The maximum Gasteiger partial charge on any atom is 0.328 e. The molecule has 0 aliphatic heterocycles. The third-order valence-electron chi connectivity index (χ3n) is 1.97. The van der Waals surface area contributed by atoms with E-state index in [1.165, 1.54) is 0 Å². The number of carbonyl (C=O) groups is 3. The van der Waals surface area contributed by atoms with Crippen molar-refractivity contribution in [3.05, 3.63) is 12.7 Å². The number of rotatable bonds is 8. The second-order valence-corrected chi connectivity index (χ2v) is 4.93. The molecule has 3 N–H and O–H groups in total. The third-order valence-corrected chi connectivity index (χ3v) is 3.14. The van der Waals surface area contributed by atoms with Gasteiger partial charge in [0.1, 0.15) is 6.61 Å². The number of carboxylic acids is 2. The lowest BCUT2D eigenvalue weighted by molar-refractivity contribution is -0.153. The van der Waals surface area contributed by atoms with Gasteiger partial charge < -0.3 is 14.9 Å². The summed E-state index contributed by atoms with van der Waals surface area (Å²) in [4.78, 5) is 32.7. The minimum atomic E-state index is -5.14. The Labute approximate surface area is 108 Å². The molecule has 0 aliphatic rings. The van der Waals surface area contributed by atoms with Crippen LogP contribution in [0, 0.1) is 5.92 Å². The number of carbonyl (C=O) groups excluding carboxylic acids is 1. The van der Waals surface area contributed by atoms with Gasteiger partial charge in [-0.25, -0.2) is 0 Å². The molecule has 19 heavy (non-hydrogen) atoms. The highest BCUT2D eigenvalue weighted by Crippen LogP contribution is 2.18. The number of hydrogen-bond acceptors (Lipinski definition) is 6. The monoisotopic (exact) mass is 296 g/mol. The van der Waals surface area contributed by atoms with Gasteiger partial charge in [0.2, 0.25) is 0 Å². The van der Waals surface area contributed by atoms with E-state index in [9.17, 15) is 22.8 Å². The third kappa shape index (κ3) is 5.48. The van der Waals surface area contributed by atoms with Gasteiger partial charge in [0.25, 0.3) is 10.1 Å². The van der Waals surface area contributed by atoms with Crippen molar-refractivity contribution < 1.29 is 42.3 Å². The van der Waals surface area contributed by atoms with E-state index in [0.717, 1.165) is 6.08 Å². The first-order valence-corrected chi connectivity index (χ1v) is 6.30. The molecule has 10 heteroatoms. The Morgan fingerprint density at radius 2 is 1.79 bits per heavy atom. The lowest BCUT2D eigenvalue weighted by Crippen LogP contribution is -2.43. The number of aliphatic carboxylic acids is 2. The zero-order chi connectivity index (χ0) is 15.2. The van der Waals surface area contributed by atoms with Gasteiger partial charge in [-0.3, -0.25) is 18.9 Å². The second-order valence-electron chi connectivity index (χ2n) is 3.40. The molecule has 0 spiro atoms.